The fourth-order valence-corrected chi connectivity index (χ4v) is 3.01. The number of aryl methyl sites for hydroxylation is 1. The fourth-order valence-electron chi connectivity index (χ4n) is 1.60. The van der Waals surface area contributed by atoms with E-state index in [0.717, 1.165) is 9.88 Å². The number of sulfonamides is 1. The predicted octanol–water partition coefficient (Wildman–Crippen LogP) is 1.29. The molecule has 0 aliphatic heterocycles. The van der Waals surface area contributed by atoms with Gasteiger partial charge in [-0.1, -0.05) is 6.07 Å². The van der Waals surface area contributed by atoms with Crippen molar-refractivity contribution in [1.29, 1.82) is 0 Å². The average Bonchev–Trinajstić information content (AvgIpc) is 2.72. The van der Waals surface area contributed by atoms with Crippen LogP contribution in [0.15, 0.2) is 29.3 Å². The van der Waals surface area contributed by atoms with E-state index in [1.165, 1.54) is 6.07 Å². The number of aromatic nitrogens is 1. The summed E-state index contributed by atoms with van der Waals surface area (Å²) in [5.41, 5.74) is 6.45. The van der Waals surface area contributed by atoms with E-state index in [0.29, 0.717) is 12.2 Å². The molecule has 0 saturated heterocycles. The molecular formula is C11H14N4O2S2. The van der Waals surface area contributed by atoms with Crippen molar-refractivity contribution in [2.45, 2.75) is 18.4 Å². The zero-order valence-electron chi connectivity index (χ0n) is 10.3. The van der Waals surface area contributed by atoms with Crippen molar-refractivity contribution in [2.75, 3.05) is 11.1 Å². The Morgan fingerprint density at radius 2 is 2.16 bits per heavy atom. The van der Waals surface area contributed by atoms with Gasteiger partial charge in [-0.05, 0) is 19.1 Å². The predicted molar refractivity (Wildman–Crippen MR) is 76.4 cm³/mol. The highest BCUT2D eigenvalue weighted by atomic mass is 32.2. The molecule has 0 aliphatic carbocycles. The largest absolute Gasteiger partial charge is 0.396 e. The van der Waals surface area contributed by atoms with Crippen LogP contribution < -0.4 is 16.2 Å². The summed E-state index contributed by atoms with van der Waals surface area (Å²) in [4.78, 5) is 5.24. The van der Waals surface area contributed by atoms with Gasteiger partial charge in [0.25, 0.3) is 0 Å². The molecule has 1 heterocycles. The highest BCUT2D eigenvalue weighted by Gasteiger charge is 2.14. The van der Waals surface area contributed by atoms with Crippen LogP contribution in [0.4, 0.5) is 11.4 Å². The molecule has 0 fully saturated rings. The smallest absolute Gasteiger partial charge is 0.240 e. The number of benzene rings is 1. The maximum atomic E-state index is 11.3. The molecule has 8 heteroatoms. The van der Waals surface area contributed by atoms with Crippen molar-refractivity contribution in [3.8, 4) is 0 Å². The molecule has 0 spiro atoms. The number of thiazole rings is 1. The number of nitrogens with one attached hydrogen (secondary N) is 1. The summed E-state index contributed by atoms with van der Waals surface area (Å²) >= 11 is 1.57. The van der Waals surface area contributed by atoms with Gasteiger partial charge in [0.05, 0.1) is 17.9 Å². The van der Waals surface area contributed by atoms with Crippen molar-refractivity contribution in [3.63, 3.8) is 0 Å². The standard InChI is InChI=1S/C11H14N4O2S2/c1-7-5-15-10(18-7)6-14-8-3-2-4-9(11(8)12)19(13,16)17/h2-5,14H,6,12H2,1H3,(H2,13,16,17). The molecule has 0 bridgehead atoms. The van der Waals surface area contributed by atoms with Gasteiger partial charge in [0.1, 0.15) is 9.90 Å². The molecule has 2 aromatic rings. The third kappa shape index (κ3) is 3.22. The van der Waals surface area contributed by atoms with Crippen LogP contribution in [0.1, 0.15) is 9.88 Å². The first-order chi connectivity index (χ1) is 8.88. The molecule has 1 aromatic heterocycles. The summed E-state index contributed by atoms with van der Waals surface area (Å²) < 4.78 is 22.7. The lowest BCUT2D eigenvalue weighted by Crippen LogP contribution is -2.15. The number of nitrogens with zero attached hydrogens (tertiary/aromatic N) is 1. The molecular weight excluding hydrogens is 284 g/mol. The van der Waals surface area contributed by atoms with Crippen molar-refractivity contribution in [1.82, 2.24) is 4.98 Å². The topological polar surface area (TPSA) is 111 Å². The average molecular weight is 298 g/mol. The van der Waals surface area contributed by atoms with Gasteiger partial charge in [-0.2, -0.15) is 0 Å². The second-order valence-electron chi connectivity index (χ2n) is 3.98. The number of nitrogen functional groups attached to an aromatic ring is 1. The van der Waals surface area contributed by atoms with Gasteiger partial charge in [0, 0.05) is 11.1 Å². The van der Waals surface area contributed by atoms with Crippen LogP contribution in [0.25, 0.3) is 0 Å². The lowest BCUT2D eigenvalue weighted by Gasteiger charge is -2.10. The minimum Gasteiger partial charge on any atom is -0.396 e. The second-order valence-corrected chi connectivity index (χ2v) is 6.83. The Hall–Kier alpha value is -1.64. The summed E-state index contributed by atoms with van der Waals surface area (Å²) in [6.07, 6.45) is 1.78. The first-order valence-electron chi connectivity index (χ1n) is 5.44. The van der Waals surface area contributed by atoms with Crippen LogP contribution in [0.2, 0.25) is 0 Å². The summed E-state index contributed by atoms with van der Waals surface area (Å²) in [6.45, 7) is 2.45. The second kappa shape index (κ2) is 5.16. The normalized spacial score (nSPS) is 11.5. The molecule has 1 aromatic carbocycles. The minimum absolute atomic E-state index is 0.0761. The molecule has 19 heavy (non-hydrogen) atoms. The summed E-state index contributed by atoms with van der Waals surface area (Å²) in [7, 11) is -3.81. The van der Waals surface area contributed by atoms with Crippen molar-refractivity contribution >= 4 is 32.7 Å². The van der Waals surface area contributed by atoms with Gasteiger partial charge in [0.15, 0.2) is 0 Å². The lowest BCUT2D eigenvalue weighted by atomic mass is 10.2. The highest BCUT2D eigenvalue weighted by Crippen LogP contribution is 2.26. The van der Waals surface area contributed by atoms with Crippen LogP contribution in [0.3, 0.4) is 0 Å². The Balaban J connectivity index is 2.22. The van der Waals surface area contributed by atoms with E-state index < -0.39 is 10.0 Å². The van der Waals surface area contributed by atoms with Crippen molar-refractivity contribution in [2.24, 2.45) is 5.14 Å². The summed E-state index contributed by atoms with van der Waals surface area (Å²) in [5.74, 6) is 0. The number of anilines is 2. The van der Waals surface area contributed by atoms with Crippen molar-refractivity contribution < 1.29 is 8.42 Å². The van der Waals surface area contributed by atoms with Gasteiger partial charge < -0.3 is 11.1 Å². The van der Waals surface area contributed by atoms with E-state index in [1.807, 2.05) is 6.92 Å². The number of hydrogen-bond acceptors (Lipinski definition) is 6. The van der Waals surface area contributed by atoms with Gasteiger partial charge >= 0.3 is 0 Å². The Morgan fingerprint density at radius 3 is 2.74 bits per heavy atom. The quantitative estimate of drug-likeness (QED) is 0.737. The molecule has 5 N–H and O–H groups in total. The monoisotopic (exact) mass is 298 g/mol. The highest BCUT2D eigenvalue weighted by molar-refractivity contribution is 7.89. The zero-order chi connectivity index (χ0) is 14.0. The lowest BCUT2D eigenvalue weighted by molar-refractivity contribution is 0.598. The van der Waals surface area contributed by atoms with Crippen LogP contribution >= 0.6 is 11.3 Å². The molecule has 0 unspecified atom stereocenters. The van der Waals surface area contributed by atoms with Crippen LogP contribution in [-0.2, 0) is 16.6 Å². The van der Waals surface area contributed by atoms with E-state index >= 15 is 0 Å². The molecule has 0 aliphatic rings. The first-order valence-corrected chi connectivity index (χ1v) is 7.80. The van der Waals surface area contributed by atoms with Gasteiger partial charge in [0.2, 0.25) is 10.0 Å². The van der Waals surface area contributed by atoms with Crippen molar-refractivity contribution in [3.05, 3.63) is 34.3 Å². The Labute approximate surface area is 115 Å². The summed E-state index contributed by atoms with van der Waals surface area (Å²) in [6, 6.07) is 4.67. The first kappa shape index (κ1) is 13.8. The number of para-hydroxylation sites is 1. The molecule has 2 rings (SSSR count). The minimum atomic E-state index is -3.81. The zero-order valence-corrected chi connectivity index (χ0v) is 11.9. The molecule has 6 nitrogen and oxygen atoms in total. The number of rotatable bonds is 4. The molecule has 0 atom stereocenters. The van der Waals surface area contributed by atoms with E-state index in [-0.39, 0.29) is 10.6 Å². The van der Waals surface area contributed by atoms with Gasteiger partial charge in [-0.15, -0.1) is 11.3 Å². The molecule has 0 saturated carbocycles. The van der Waals surface area contributed by atoms with E-state index in [2.05, 4.69) is 10.3 Å². The maximum Gasteiger partial charge on any atom is 0.240 e. The number of hydrogen-bond donors (Lipinski definition) is 3. The van der Waals surface area contributed by atoms with Crippen LogP contribution in [0, 0.1) is 6.92 Å². The molecule has 0 radical (unpaired) electrons. The van der Waals surface area contributed by atoms with E-state index in [9.17, 15) is 8.42 Å². The third-order valence-corrected chi connectivity index (χ3v) is 4.35. The van der Waals surface area contributed by atoms with E-state index in [1.54, 1.807) is 29.7 Å². The number of nitrogens with two attached hydrogens (primary N) is 2. The fraction of sp³-hybridized carbons (Fsp3) is 0.182. The SMILES string of the molecule is Cc1cnc(CNc2cccc(S(N)(=O)=O)c2N)s1. The molecule has 102 valence electrons. The Kier molecular flexibility index (Phi) is 3.74. The van der Waals surface area contributed by atoms with E-state index in [4.69, 9.17) is 10.9 Å². The van der Waals surface area contributed by atoms with Gasteiger partial charge in [-0.3, -0.25) is 0 Å². The third-order valence-electron chi connectivity index (χ3n) is 2.47. The van der Waals surface area contributed by atoms with Gasteiger partial charge in [-0.25, -0.2) is 18.5 Å². The van der Waals surface area contributed by atoms with Crippen LogP contribution in [0.5, 0.6) is 0 Å². The summed E-state index contributed by atoms with van der Waals surface area (Å²) in [5, 5.41) is 9.05. The Morgan fingerprint density at radius 1 is 1.42 bits per heavy atom. The number of primary sulfonamides is 1. The maximum absolute atomic E-state index is 11.3. The molecule has 0 amide bonds. The Bertz CT molecular complexity index is 694. The van der Waals surface area contributed by atoms with Crippen LogP contribution in [-0.4, -0.2) is 13.4 Å².